The molecule has 2 rings (SSSR count). The van der Waals surface area contributed by atoms with E-state index in [2.05, 4.69) is 31.9 Å². The minimum Gasteiger partial charge on any atom is -0.348 e. The normalized spacial score (nSPS) is 17.3. The monoisotopic (exact) mass is 353 g/mol. The lowest BCUT2D eigenvalue weighted by Crippen LogP contribution is -2.50. The van der Waals surface area contributed by atoms with Crippen molar-refractivity contribution in [2.75, 3.05) is 31.1 Å². The Labute approximate surface area is 131 Å². The van der Waals surface area contributed by atoms with Crippen molar-refractivity contribution in [1.29, 1.82) is 5.26 Å². The van der Waals surface area contributed by atoms with Gasteiger partial charge in [-0.15, -0.1) is 0 Å². The number of aromatic nitrogens is 1. The van der Waals surface area contributed by atoms with E-state index in [0.29, 0.717) is 36.5 Å². The number of anilines is 1. The highest BCUT2D eigenvalue weighted by molar-refractivity contribution is 9.10. The number of nitriles is 1. The van der Waals surface area contributed by atoms with Crippen LogP contribution in [0.3, 0.4) is 0 Å². The van der Waals surface area contributed by atoms with Crippen LogP contribution in [0.1, 0.15) is 13.3 Å². The Bertz CT molecular complexity index is 566. The van der Waals surface area contributed by atoms with Crippen LogP contribution in [0.25, 0.3) is 0 Å². The molecule has 2 heterocycles. The van der Waals surface area contributed by atoms with Crippen molar-refractivity contribution in [3.8, 4) is 6.07 Å². The Hall–Kier alpha value is -1.72. The molecule has 1 unspecified atom stereocenters. The average Bonchev–Trinajstić information content (AvgIpc) is 2.49. The van der Waals surface area contributed by atoms with Gasteiger partial charge < -0.3 is 4.90 Å². The summed E-state index contributed by atoms with van der Waals surface area (Å²) in [5.41, 5.74) is 0.00477. The van der Waals surface area contributed by atoms with E-state index < -0.39 is 4.92 Å². The van der Waals surface area contributed by atoms with E-state index >= 15 is 0 Å². The molecule has 21 heavy (non-hydrogen) atoms. The van der Waals surface area contributed by atoms with Gasteiger partial charge in [0.25, 0.3) is 0 Å². The summed E-state index contributed by atoms with van der Waals surface area (Å²) in [5.74, 6) is 0.396. The van der Waals surface area contributed by atoms with E-state index in [9.17, 15) is 10.1 Å². The molecule has 1 fully saturated rings. The lowest BCUT2D eigenvalue weighted by atomic mass is 10.2. The largest absolute Gasteiger partial charge is 0.348 e. The topological polar surface area (TPSA) is 86.3 Å². The van der Waals surface area contributed by atoms with E-state index in [0.717, 1.165) is 6.42 Å². The molecule has 1 saturated heterocycles. The maximum absolute atomic E-state index is 11.1. The molecule has 0 N–H and O–H groups in total. The highest BCUT2D eigenvalue weighted by Crippen LogP contribution is 2.29. The summed E-state index contributed by atoms with van der Waals surface area (Å²) in [5, 5.41) is 20.2. The average molecular weight is 354 g/mol. The molecule has 0 saturated carbocycles. The zero-order chi connectivity index (χ0) is 15.4. The second-order valence-electron chi connectivity index (χ2n) is 4.83. The van der Waals surface area contributed by atoms with Gasteiger partial charge in [0.15, 0.2) is 0 Å². The fourth-order valence-corrected chi connectivity index (χ4v) is 2.80. The number of rotatable bonds is 4. The van der Waals surface area contributed by atoms with Crippen molar-refractivity contribution in [2.45, 2.75) is 19.4 Å². The Morgan fingerprint density at radius 1 is 1.52 bits per heavy atom. The summed E-state index contributed by atoms with van der Waals surface area (Å²) < 4.78 is 0.590. The van der Waals surface area contributed by atoms with Gasteiger partial charge >= 0.3 is 5.69 Å². The number of pyridine rings is 1. The summed E-state index contributed by atoms with van der Waals surface area (Å²) >= 11 is 3.21. The van der Waals surface area contributed by atoms with Gasteiger partial charge in [-0.05, 0) is 22.4 Å². The highest BCUT2D eigenvalue weighted by atomic mass is 79.9. The lowest BCUT2D eigenvalue weighted by Gasteiger charge is -2.36. The van der Waals surface area contributed by atoms with E-state index in [1.54, 1.807) is 6.20 Å². The molecule has 1 aromatic rings. The van der Waals surface area contributed by atoms with Gasteiger partial charge in [-0.1, -0.05) is 6.92 Å². The number of halogens is 1. The molecule has 0 bridgehead atoms. The SMILES string of the molecule is CCC(C#N)N1CCN(c2ncc(Br)cc2[N+](=O)[O-])CC1. The van der Waals surface area contributed by atoms with Crippen LogP contribution in [0.5, 0.6) is 0 Å². The molecule has 0 amide bonds. The molecule has 0 aliphatic carbocycles. The molecular weight excluding hydrogens is 338 g/mol. The van der Waals surface area contributed by atoms with Crippen LogP contribution in [0.2, 0.25) is 0 Å². The van der Waals surface area contributed by atoms with E-state index in [-0.39, 0.29) is 11.7 Å². The third kappa shape index (κ3) is 3.49. The zero-order valence-electron chi connectivity index (χ0n) is 11.7. The van der Waals surface area contributed by atoms with Crippen LogP contribution < -0.4 is 4.90 Å². The maximum Gasteiger partial charge on any atom is 0.312 e. The molecule has 7 nitrogen and oxygen atoms in total. The third-order valence-corrected chi connectivity index (χ3v) is 4.03. The van der Waals surface area contributed by atoms with Gasteiger partial charge in [-0.3, -0.25) is 15.0 Å². The molecule has 0 spiro atoms. The number of hydrogen-bond acceptors (Lipinski definition) is 6. The lowest BCUT2D eigenvalue weighted by molar-refractivity contribution is -0.384. The van der Waals surface area contributed by atoms with Gasteiger partial charge in [-0.2, -0.15) is 5.26 Å². The van der Waals surface area contributed by atoms with Gasteiger partial charge in [-0.25, -0.2) is 4.98 Å². The molecule has 112 valence electrons. The van der Waals surface area contributed by atoms with Crippen molar-refractivity contribution in [3.63, 3.8) is 0 Å². The number of nitro groups is 1. The molecule has 0 radical (unpaired) electrons. The molecule has 1 aliphatic rings. The van der Waals surface area contributed by atoms with Gasteiger partial charge in [0, 0.05) is 42.9 Å². The Morgan fingerprint density at radius 3 is 2.71 bits per heavy atom. The first-order valence-electron chi connectivity index (χ1n) is 6.75. The number of piperazine rings is 1. The fraction of sp³-hybridized carbons (Fsp3) is 0.538. The van der Waals surface area contributed by atoms with Crippen LogP contribution in [0.4, 0.5) is 11.5 Å². The van der Waals surface area contributed by atoms with E-state index in [4.69, 9.17) is 5.26 Å². The summed E-state index contributed by atoms with van der Waals surface area (Å²) in [7, 11) is 0. The van der Waals surface area contributed by atoms with Crippen LogP contribution in [0, 0.1) is 21.4 Å². The van der Waals surface area contributed by atoms with Crippen LogP contribution >= 0.6 is 15.9 Å². The first-order chi connectivity index (χ1) is 10.1. The molecule has 8 heteroatoms. The summed E-state index contributed by atoms with van der Waals surface area (Å²) in [6.45, 7) is 4.67. The minimum absolute atomic E-state index is 0.00477. The predicted octanol–water partition coefficient (Wildman–Crippen LogP) is 2.18. The Morgan fingerprint density at radius 2 is 2.19 bits per heavy atom. The van der Waals surface area contributed by atoms with Crippen molar-refractivity contribution in [1.82, 2.24) is 9.88 Å². The van der Waals surface area contributed by atoms with E-state index in [1.807, 2.05) is 11.8 Å². The molecule has 0 aromatic carbocycles. The quantitative estimate of drug-likeness (QED) is 0.609. The predicted molar refractivity (Wildman–Crippen MR) is 82.1 cm³/mol. The third-order valence-electron chi connectivity index (χ3n) is 3.60. The smallest absolute Gasteiger partial charge is 0.312 e. The van der Waals surface area contributed by atoms with Crippen molar-refractivity contribution >= 4 is 27.4 Å². The first kappa shape index (κ1) is 15.7. The van der Waals surface area contributed by atoms with Crippen LogP contribution in [-0.2, 0) is 0 Å². The standard InChI is InChI=1S/C13H16BrN5O2/c1-2-11(8-15)17-3-5-18(6-4-17)13-12(19(20)21)7-10(14)9-16-13/h7,9,11H,2-6H2,1H3. The second-order valence-corrected chi connectivity index (χ2v) is 5.75. The summed E-state index contributed by atoms with van der Waals surface area (Å²) in [6.07, 6.45) is 2.35. The summed E-state index contributed by atoms with van der Waals surface area (Å²) in [6, 6.07) is 3.68. The summed E-state index contributed by atoms with van der Waals surface area (Å²) in [4.78, 5) is 18.9. The van der Waals surface area contributed by atoms with Gasteiger partial charge in [0.2, 0.25) is 5.82 Å². The first-order valence-corrected chi connectivity index (χ1v) is 7.54. The number of nitrogens with zero attached hydrogens (tertiary/aromatic N) is 5. The fourth-order valence-electron chi connectivity index (χ4n) is 2.48. The second kappa shape index (κ2) is 6.83. The Balaban J connectivity index is 2.13. The molecule has 1 atom stereocenters. The number of hydrogen-bond donors (Lipinski definition) is 0. The molecular formula is C13H16BrN5O2. The van der Waals surface area contributed by atoms with Gasteiger partial charge in [0.1, 0.15) is 0 Å². The Kier molecular flexibility index (Phi) is 5.09. The highest BCUT2D eigenvalue weighted by Gasteiger charge is 2.27. The zero-order valence-corrected chi connectivity index (χ0v) is 13.3. The van der Waals surface area contributed by atoms with Gasteiger partial charge in [0.05, 0.1) is 17.0 Å². The van der Waals surface area contributed by atoms with E-state index in [1.165, 1.54) is 6.07 Å². The van der Waals surface area contributed by atoms with Crippen LogP contribution in [-0.4, -0.2) is 47.0 Å². The van der Waals surface area contributed by atoms with Crippen molar-refractivity contribution < 1.29 is 4.92 Å². The van der Waals surface area contributed by atoms with Crippen LogP contribution in [0.15, 0.2) is 16.7 Å². The maximum atomic E-state index is 11.1. The molecule has 1 aromatic heterocycles. The van der Waals surface area contributed by atoms with Crippen molar-refractivity contribution in [3.05, 3.63) is 26.9 Å². The molecule has 1 aliphatic heterocycles. The minimum atomic E-state index is -0.413. The van der Waals surface area contributed by atoms with Crippen molar-refractivity contribution in [2.24, 2.45) is 0 Å².